The van der Waals surface area contributed by atoms with Crippen LogP contribution in [0.3, 0.4) is 0 Å². The highest BCUT2D eigenvalue weighted by atomic mass is 16.3. The van der Waals surface area contributed by atoms with Crippen LogP contribution in [0.5, 0.6) is 0 Å². The molecular weight excluding hydrogens is 432 g/mol. The first-order valence-electron chi connectivity index (χ1n) is 11.9. The maximum absolute atomic E-state index is 13.1. The molecule has 0 saturated heterocycles. The quantitative estimate of drug-likeness (QED) is 0.536. The van der Waals surface area contributed by atoms with E-state index >= 15 is 0 Å². The highest BCUT2D eigenvalue weighted by Gasteiger charge is 2.39. The predicted molar refractivity (Wildman–Crippen MR) is 126 cm³/mol. The number of carbonyl (C=O) groups is 2. The zero-order valence-electron chi connectivity index (χ0n) is 19.3. The summed E-state index contributed by atoms with van der Waals surface area (Å²) in [4.78, 5) is 32.7. The summed E-state index contributed by atoms with van der Waals surface area (Å²) in [7, 11) is 0. The molecule has 3 aliphatic rings. The Kier molecular flexibility index (Phi) is 4.67. The smallest absolute Gasteiger partial charge is 0.259 e. The van der Waals surface area contributed by atoms with Gasteiger partial charge in [-0.25, -0.2) is 9.50 Å². The Bertz CT molecular complexity index is 1340. The molecule has 6 rings (SSSR count). The Hall–Kier alpha value is -3.46. The molecule has 1 aliphatic heterocycles. The number of benzene rings is 1. The Morgan fingerprint density at radius 3 is 2.76 bits per heavy atom. The fourth-order valence-electron chi connectivity index (χ4n) is 5.29. The molecule has 9 nitrogen and oxygen atoms in total. The van der Waals surface area contributed by atoms with Crippen LogP contribution >= 0.6 is 0 Å². The van der Waals surface area contributed by atoms with E-state index < -0.39 is 0 Å². The number of carbonyl (C=O) groups excluding carboxylic acids is 2. The normalized spacial score (nSPS) is 22.6. The van der Waals surface area contributed by atoms with Crippen molar-refractivity contribution in [3.8, 4) is 11.3 Å². The summed E-state index contributed by atoms with van der Waals surface area (Å²) in [5.74, 6) is 0.504. The average molecular weight is 461 g/mol. The van der Waals surface area contributed by atoms with E-state index in [-0.39, 0.29) is 41.4 Å². The Morgan fingerprint density at radius 2 is 2.06 bits per heavy atom. The lowest BCUT2D eigenvalue weighted by atomic mass is 9.89. The maximum Gasteiger partial charge on any atom is 0.259 e. The van der Waals surface area contributed by atoms with E-state index in [1.807, 2.05) is 30.0 Å². The number of aliphatic hydroxyl groups excluding tert-OH is 1. The van der Waals surface area contributed by atoms with Crippen LogP contribution in [0, 0.1) is 12.8 Å². The van der Waals surface area contributed by atoms with Crippen molar-refractivity contribution in [1.29, 1.82) is 0 Å². The number of fused-ring (bicyclic) bond motifs is 2. The van der Waals surface area contributed by atoms with Crippen LogP contribution in [-0.4, -0.2) is 54.6 Å². The van der Waals surface area contributed by atoms with Crippen molar-refractivity contribution in [2.45, 2.75) is 64.3 Å². The van der Waals surface area contributed by atoms with Crippen LogP contribution in [0.1, 0.15) is 64.4 Å². The number of nitrogens with two attached hydrogens (primary N) is 1. The molecule has 2 fully saturated rings. The fraction of sp³-hybridized carbons (Fsp3) is 0.440. The molecule has 2 aliphatic carbocycles. The summed E-state index contributed by atoms with van der Waals surface area (Å²) >= 11 is 0. The zero-order chi connectivity index (χ0) is 23.7. The molecule has 0 spiro atoms. The molecule has 1 unspecified atom stereocenters. The molecule has 0 bridgehead atoms. The van der Waals surface area contributed by atoms with Crippen molar-refractivity contribution < 1.29 is 14.7 Å². The minimum Gasteiger partial charge on any atom is -0.393 e. The predicted octanol–water partition coefficient (Wildman–Crippen LogP) is 2.29. The lowest BCUT2D eigenvalue weighted by Crippen LogP contribution is -2.46. The van der Waals surface area contributed by atoms with Gasteiger partial charge in [-0.3, -0.25) is 9.59 Å². The van der Waals surface area contributed by atoms with Gasteiger partial charge in [0.05, 0.1) is 11.8 Å². The number of hydrogen-bond donors (Lipinski definition) is 3. The Balaban J connectivity index is 1.34. The van der Waals surface area contributed by atoms with Gasteiger partial charge in [0.15, 0.2) is 11.5 Å². The molecular formula is C25H28N6O3. The maximum atomic E-state index is 13.1. The van der Waals surface area contributed by atoms with Crippen molar-refractivity contribution in [2.75, 3.05) is 5.73 Å². The number of nitrogens with one attached hydrogen (secondary N) is 1. The Morgan fingerprint density at radius 1 is 1.29 bits per heavy atom. The molecule has 9 heteroatoms. The van der Waals surface area contributed by atoms with Crippen molar-refractivity contribution in [1.82, 2.24) is 24.8 Å². The van der Waals surface area contributed by atoms with Gasteiger partial charge in [0.1, 0.15) is 5.56 Å². The van der Waals surface area contributed by atoms with Crippen LogP contribution < -0.4 is 11.1 Å². The van der Waals surface area contributed by atoms with Crippen molar-refractivity contribution in [3.63, 3.8) is 0 Å². The van der Waals surface area contributed by atoms with E-state index in [2.05, 4.69) is 17.3 Å². The van der Waals surface area contributed by atoms with Gasteiger partial charge in [0.25, 0.3) is 11.8 Å². The minimum absolute atomic E-state index is 0.0714. The topological polar surface area (TPSA) is 126 Å². The summed E-state index contributed by atoms with van der Waals surface area (Å²) < 4.78 is 1.51. The summed E-state index contributed by atoms with van der Waals surface area (Å²) in [5.41, 5.74) is 11.0. The molecule has 2 saturated carbocycles. The average Bonchev–Trinajstić information content (AvgIpc) is 3.49. The van der Waals surface area contributed by atoms with Gasteiger partial charge >= 0.3 is 0 Å². The number of aryl methyl sites for hydroxylation is 1. The number of aliphatic hydroxyl groups is 1. The number of amides is 2. The molecule has 1 aromatic carbocycles. The van der Waals surface area contributed by atoms with Gasteiger partial charge in [0.2, 0.25) is 0 Å². The summed E-state index contributed by atoms with van der Waals surface area (Å²) in [6.07, 6.45) is 4.84. The molecule has 1 atom stereocenters. The van der Waals surface area contributed by atoms with E-state index in [1.54, 1.807) is 6.20 Å². The first-order valence-corrected chi connectivity index (χ1v) is 11.9. The van der Waals surface area contributed by atoms with Crippen LogP contribution in [0.4, 0.5) is 5.82 Å². The van der Waals surface area contributed by atoms with E-state index in [0.29, 0.717) is 36.6 Å². The number of hydrogen-bond acceptors (Lipinski definition) is 6. The molecule has 4 N–H and O–H groups in total. The monoisotopic (exact) mass is 460 g/mol. The second kappa shape index (κ2) is 7.53. The number of nitrogens with zero attached hydrogens (tertiary/aromatic N) is 4. The van der Waals surface area contributed by atoms with Crippen LogP contribution in [0.15, 0.2) is 24.4 Å². The van der Waals surface area contributed by atoms with Gasteiger partial charge in [-0.15, -0.1) is 5.10 Å². The second-order valence-electron chi connectivity index (χ2n) is 9.98. The van der Waals surface area contributed by atoms with Gasteiger partial charge in [-0.1, -0.05) is 0 Å². The SMILES string of the molecule is Cc1cc(-c2ccn3nc(N)c(C(=O)N[C@H]4C[C@H](O)C4)c3n2)cc2c1C(=O)N(C(C)C1CC1)C2. The third-order valence-corrected chi connectivity index (χ3v) is 7.51. The number of nitrogen functional groups attached to an aromatic ring is 1. The molecule has 176 valence electrons. The number of anilines is 1. The fourth-order valence-corrected chi connectivity index (χ4v) is 5.29. The van der Waals surface area contributed by atoms with Gasteiger partial charge < -0.3 is 21.1 Å². The van der Waals surface area contributed by atoms with Crippen LogP contribution in [0.25, 0.3) is 16.9 Å². The van der Waals surface area contributed by atoms with Crippen LogP contribution in [-0.2, 0) is 6.54 Å². The second-order valence-corrected chi connectivity index (χ2v) is 9.98. The summed E-state index contributed by atoms with van der Waals surface area (Å²) in [5, 5.41) is 16.7. The first-order chi connectivity index (χ1) is 16.3. The van der Waals surface area contributed by atoms with E-state index in [1.165, 1.54) is 17.4 Å². The standard InChI is InChI=1S/C25H28N6O3/c1-12-7-15(8-16-11-30(25(34)20(12)16)13(2)14-3-4-14)19-5-6-31-23(28-19)21(22(26)29-31)24(33)27-17-9-18(32)10-17/h5-8,13-14,17-18,32H,3-4,9-11H2,1-2H3,(H2,26,29)(H,27,33)/t13?,17-,18-. The molecule has 0 radical (unpaired) electrons. The highest BCUT2D eigenvalue weighted by Crippen LogP contribution is 2.39. The molecule has 2 amide bonds. The Labute approximate surface area is 197 Å². The van der Waals surface area contributed by atoms with E-state index in [0.717, 1.165) is 22.3 Å². The van der Waals surface area contributed by atoms with Crippen molar-refractivity contribution >= 4 is 23.3 Å². The molecule has 2 aromatic heterocycles. The number of rotatable bonds is 5. The van der Waals surface area contributed by atoms with Gasteiger partial charge in [0, 0.05) is 36.0 Å². The van der Waals surface area contributed by atoms with Crippen LogP contribution in [0.2, 0.25) is 0 Å². The third-order valence-electron chi connectivity index (χ3n) is 7.51. The third kappa shape index (κ3) is 3.34. The molecule has 34 heavy (non-hydrogen) atoms. The number of aromatic nitrogens is 3. The lowest BCUT2D eigenvalue weighted by molar-refractivity contribution is 0.0563. The van der Waals surface area contributed by atoms with E-state index in [4.69, 9.17) is 10.7 Å². The molecule has 3 aromatic rings. The zero-order valence-corrected chi connectivity index (χ0v) is 19.3. The van der Waals surface area contributed by atoms with Crippen molar-refractivity contribution in [2.24, 2.45) is 5.92 Å². The first kappa shape index (κ1) is 21.1. The molecule has 3 heterocycles. The summed E-state index contributed by atoms with van der Waals surface area (Å²) in [6.45, 7) is 4.73. The minimum atomic E-state index is -0.366. The van der Waals surface area contributed by atoms with Gasteiger partial charge in [-0.05, 0) is 74.8 Å². The van der Waals surface area contributed by atoms with Crippen molar-refractivity contribution in [3.05, 3.63) is 46.6 Å². The lowest BCUT2D eigenvalue weighted by Gasteiger charge is -2.31. The summed E-state index contributed by atoms with van der Waals surface area (Å²) in [6, 6.07) is 6.04. The largest absolute Gasteiger partial charge is 0.393 e. The van der Waals surface area contributed by atoms with Gasteiger partial charge in [-0.2, -0.15) is 0 Å². The van der Waals surface area contributed by atoms with E-state index in [9.17, 15) is 14.7 Å². The highest BCUT2D eigenvalue weighted by molar-refractivity contribution is 6.04.